The number of amides is 1. The van der Waals surface area contributed by atoms with Gasteiger partial charge in [0, 0.05) is 49.1 Å². The summed E-state index contributed by atoms with van der Waals surface area (Å²) in [5.41, 5.74) is 0. The van der Waals surface area contributed by atoms with Crippen molar-refractivity contribution in [3.63, 3.8) is 0 Å². The van der Waals surface area contributed by atoms with E-state index in [1.807, 2.05) is 23.5 Å². The number of carbonyl (C=O) groups excluding carboxylic acids is 1. The Kier molecular flexibility index (Phi) is 36.4. The van der Waals surface area contributed by atoms with E-state index in [4.69, 9.17) is 24.5 Å². The highest BCUT2D eigenvalue weighted by molar-refractivity contribution is 8.26. The number of aliphatic hydroxyl groups excluding tert-OH is 1. The Morgan fingerprint density at radius 2 is 1.43 bits per heavy atom. The van der Waals surface area contributed by atoms with Crippen molar-refractivity contribution >= 4 is 125 Å². The number of aliphatic hydroxyl groups is 1. The molecule has 218 valence electrons. The second-order valence-corrected chi connectivity index (χ2v) is 16.7. The highest BCUT2D eigenvalue weighted by atomic mass is 32.3. The maximum absolute atomic E-state index is 11.7. The maximum atomic E-state index is 11.7. The molecule has 37 heavy (non-hydrogen) atoms. The second-order valence-electron chi connectivity index (χ2n) is 5.58. The van der Waals surface area contributed by atoms with Crippen LogP contribution in [-0.4, -0.2) is 110 Å². The van der Waals surface area contributed by atoms with E-state index >= 15 is 0 Å². The van der Waals surface area contributed by atoms with E-state index in [0.717, 1.165) is 36.3 Å². The van der Waals surface area contributed by atoms with Crippen molar-refractivity contribution in [1.82, 2.24) is 5.32 Å². The van der Waals surface area contributed by atoms with Crippen LogP contribution in [0.4, 0.5) is 4.79 Å². The van der Waals surface area contributed by atoms with Crippen molar-refractivity contribution in [2.45, 2.75) is 0 Å². The predicted octanol–water partition coefficient (Wildman–Crippen LogP) is 5.46. The molecule has 1 amide bonds. The molecule has 0 aliphatic rings. The first-order valence-electron chi connectivity index (χ1n) is 10.5. The second kappa shape index (κ2) is 35.3. The zero-order chi connectivity index (χ0) is 26.9. The molecule has 0 aliphatic heterocycles. The zero-order valence-electron chi connectivity index (χ0n) is 20.5. The lowest BCUT2D eigenvalue weighted by molar-refractivity contribution is -0.210. The number of thioether (sulfide) groups is 9. The van der Waals surface area contributed by atoms with Crippen molar-refractivity contribution in [1.29, 1.82) is 0 Å². The molecular formula is C18H35N3O7S9. The molecule has 0 spiro atoms. The average molecular weight is 694 g/mol. The van der Waals surface area contributed by atoms with E-state index in [1.54, 1.807) is 89.4 Å². The minimum atomic E-state index is -0.377. The van der Waals surface area contributed by atoms with Crippen LogP contribution in [0, 0.1) is 0 Å². The van der Waals surface area contributed by atoms with Gasteiger partial charge in [-0.2, -0.15) is 21.5 Å². The van der Waals surface area contributed by atoms with Crippen LogP contribution >= 0.6 is 106 Å². The van der Waals surface area contributed by atoms with Gasteiger partial charge in [-0.15, -0.1) is 94.1 Å². The van der Waals surface area contributed by atoms with Gasteiger partial charge < -0.3 is 24.9 Å². The lowest BCUT2D eigenvalue weighted by Gasteiger charge is -2.07. The SMILES string of the molecule is CN=COOCSCSCSCSCOC(=O)NCSCSCSCSC/N=C\OOCCSCCO. The molecule has 0 aromatic heterocycles. The monoisotopic (exact) mass is 693 g/mol. The summed E-state index contributed by atoms with van der Waals surface area (Å²) < 4.78 is 5.15. The van der Waals surface area contributed by atoms with Crippen LogP contribution in [0.15, 0.2) is 9.98 Å². The summed E-state index contributed by atoms with van der Waals surface area (Å²) in [5.74, 6) is 3.46. The fourth-order valence-corrected chi connectivity index (χ4v) is 10.2. The summed E-state index contributed by atoms with van der Waals surface area (Å²) in [7, 11) is 1.61. The normalized spacial score (nSPS) is 11.4. The van der Waals surface area contributed by atoms with E-state index in [1.165, 1.54) is 12.8 Å². The van der Waals surface area contributed by atoms with Crippen LogP contribution in [0.2, 0.25) is 0 Å². The first-order chi connectivity index (χ1) is 18.3. The van der Waals surface area contributed by atoms with Crippen molar-refractivity contribution in [2.75, 3.05) is 85.9 Å². The molecular weight excluding hydrogens is 659 g/mol. The van der Waals surface area contributed by atoms with Crippen LogP contribution in [0.1, 0.15) is 0 Å². The third-order valence-corrected chi connectivity index (χ3v) is 13.0. The number of aliphatic imine (C=N–C) groups is 2. The number of ether oxygens (including phenoxy) is 1. The van der Waals surface area contributed by atoms with Gasteiger partial charge in [-0.1, -0.05) is 0 Å². The fourth-order valence-electron chi connectivity index (χ4n) is 1.48. The number of hydrogen-bond donors (Lipinski definition) is 2. The first kappa shape index (κ1) is 38.2. The van der Waals surface area contributed by atoms with Crippen LogP contribution in [0.5, 0.6) is 0 Å². The van der Waals surface area contributed by atoms with Crippen molar-refractivity contribution in [2.24, 2.45) is 9.98 Å². The van der Waals surface area contributed by atoms with E-state index < -0.39 is 0 Å². The van der Waals surface area contributed by atoms with Gasteiger partial charge in [0.25, 0.3) is 0 Å². The largest absolute Gasteiger partial charge is 0.438 e. The minimum absolute atomic E-state index is 0.179. The Labute approximate surface area is 258 Å². The number of hydrogen-bond acceptors (Lipinski definition) is 18. The van der Waals surface area contributed by atoms with E-state index in [0.29, 0.717) is 36.0 Å². The highest BCUT2D eigenvalue weighted by Gasteiger charge is 2.01. The minimum Gasteiger partial charge on any atom is -0.438 e. The molecule has 0 fully saturated rings. The number of rotatable bonds is 29. The molecule has 0 aliphatic carbocycles. The van der Waals surface area contributed by atoms with Crippen LogP contribution in [0.25, 0.3) is 0 Å². The van der Waals surface area contributed by atoms with Crippen molar-refractivity contribution < 1.29 is 34.2 Å². The highest BCUT2D eigenvalue weighted by Crippen LogP contribution is 2.22. The van der Waals surface area contributed by atoms with Gasteiger partial charge in [0.2, 0.25) is 12.8 Å². The Balaban J connectivity index is 3.19. The molecule has 10 nitrogen and oxygen atoms in total. The van der Waals surface area contributed by atoms with Gasteiger partial charge in [0.15, 0.2) is 0 Å². The summed E-state index contributed by atoms with van der Waals surface area (Å²) in [5, 5.41) is 17.0. The summed E-state index contributed by atoms with van der Waals surface area (Å²) in [4.78, 5) is 38.7. The zero-order valence-corrected chi connectivity index (χ0v) is 27.9. The lowest BCUT2D eigenvalue weighted by Crippen LogP contribution is -2.23. The third-order valence-electron chi connectivity index (χ3n) is 2.84. The molecule has 0 unspecified atom stereocenters. The Morgan fingerprint density at radius 1 is 0.784 bits per heavy atom. The Bertz CT molecular complexity index is 547. The number of carbonyl (C=O) groups is 1. The van der Waals surface area contributed by atoms with Crippen molar-refractivity contribution in [3.8, 4) is 0 Å². The van der Waals surface area contributed by atoms with Crippen LogP contribution < -0.4 is 5.32 Å². The fraction of sp³-hybridized carbons (Fsp3) is 0.833. The third kappa shape index (κ3) is 35.2. The van der Waals surface area contributed by atoms with Gasteiger partial charge in [0.05, 0.1) is 18.4 Å². The molecule has 0 heterocycles. The summed E-state index contributed by atoms with van der Waals surface area (Å²) >= 11 is 15.4. The Morgan fingerprint density at radius 3 is 2.16 bits per heavy atom. The summed E-state index contributed by atoms with van der Waals surface area (Å²) in [6.45, 7) is 0.646. The van der Waals surface area contributed by atoms with Gasteiger partial charge >= 0.3 is 6.09 Å². The number of nitrogens with zero attached hydrogens (tertiary/aromatic N) is 2. The standard InChI is InChI=1S/C18H35N3O7S9/c1-19-6-26-28-11-33-15-37-17-36-14-32-10-24-18(23)21-9-31-13-35-16-34-12-30-8-20-7-27-25-3-5-29-4-2-22/h6-7,22H,2-5,8-17H2,1H3,(H,21,23)/b19-6?,20-7-. The Hall–Kier alpha value is 1.24. The van der Waals surface area contributed by atoms with Crippen LogP contribution in [-0.2, 0) is 24.3 Å². The lowest BCUT2D eigenvalue weighted by atomic mass is 10.9. The molecule has 0 atom stereocenters. The predicted molar refractivity (Wildman–Crippen MR) is 176 cm³/mol. The molecule has 0 saturated carbocycles. The quantitative estimate of drug-likeness (QED) is 0.0257. The van der Waals surface area contributed by atoms with E-state index in [9.17, 15) is 4.79 Å². The van der Waals surface area contributed by atoms with E-state index in [2.05, 4.69) is 20.2 Å². The van der Waals surface area contributed by atoms with Gasteiger partial charge in [-0.3, -0.25) is 4.99 Å². The van der Waals surface area contributed by atoms with Crippen molar-refractivity contribution in [3.05, 3.63) is 0 Å². The molecule has 2 N–H and O–H groups in total. The number of nitrogens with one attached hydrogen (secondary N) is 1. The van der Waals surface area contributed by atoms with Gasteiger partial charge in [-0.05, 0) is 0 Å². The van der Waals surface area contributed by atoms with E-state index in [-0.39, 0.29) is 12.7 Å². The molecule has 0 radical (unpaired) electrons. The first-order valence-corrected chi connectivity index (χ1v) is 20.9. The molecule has 0 aromatic carbocycles. The van der Waals surface area contributed by atoms with Gasteiger partial charge in [0.1, 0.15) is 18.5 Å². The summed E-state index contributed by atoms with van der Waals surface area (Å²) in [6, 6.07) is 0. The average Bonchev–Trinajstić information content (AvgIpc) is 2.90. The smallest absolute Gasteiger partial charge is 0.408 e. The topological polar surface area (TPSA) is 120 Å². The summed E-state index contributed by atoms with van der Waals surface area (Å²) in [6.07, 6.45) is 2.19. The molecule has 0 rings (SSSR count). The molecule has 0 bridgehead atoms. The molecule has 0 aromatic rings. The molecule has 0 saturated heterocycles. The maximum Gasteiger partial charge on any atom is 0.408 e. The number of alkyl carbamates (subject to hydrolysis) is 1. The van der Waals surface area contributed by atoms with Crippen LogP contribution in [0.3, 0.4) is 0 Å². The van der Waals surface area contributed by atoms with Gasteiger partial charge in [-0.25, -0.2) is 9.79 Å². The molecule has 19 heteroatoms.